The average molecular weight is 483 g/mol. The molecule has 2 aromatic rings. The zero-order valence-corrected chi connectivity index (χ0v) is 20.0. The summed E-state index contributed by atoms with van der Waals surface area (Å²) in [6, 6.07) is 5.54. The van der Waals surface area contributed by atoms with E-state index in [1.165, 1.54) is 0 Å². The normalized spacial score (nSPS) is 20.3. The van der Waals surface area contributed by atoms with Gasteiger partial charge in [-0.25, -0.2) is 9.78 Å². The van der Waals surface area contributed by atoms with E-state index in [0.29, 0.717) is 41.3 Å². The van der Waals surface area contributed by atoms with Crippen molar-refractivity contribution >= 4 is 12.1 Å². The summed E-state index contributed by atoms with van der Waals surface area (Å²) < 4.78 is 17.0. The Morgan fingerprint density at radius 3 is 2.71 bits per heavy atom. The van der Waals surface area contributed by atoms with Gasteiger partial charge < -0.3 is 24.0 Å². The molecule has 2 aliphatic rings. The third-order valence-corrected chi connectivity index (χ3v) is 6.95. The fourth-order valence-corrected chi connectivity index (χ4v) is 4.84. The molecular formula is C25H30N4O6. The lowest BCUT2D eigenvalue weighted by molar-refractivity contribution is -0.143. The Labute approximate surface area is 203 Å². The molecule has 0 radical (unpaired) electrons. The van der Waals surface area contributed by atoms with E-state index in [4.69, 9.17) is 14.0 Å². The lowest BCUT2D eigenvalue weighted by atomic mass is 9.87. The molecule has 0 aliphatic heterocycles. The van der Waals surface area contributed by atoms with Gasteiger partial charge in [-0.2, -0.15) is 5.26 Å². The summed E-state index contributed by atoms with van der Waals surface area (Å²) in [5, 5.41) is 23.0. The molecule has 2 aromatic heterocycles. The van der Waals surface area contributed by atoms with Gasteiger partial charge in [0.1, 0.15) is 18.4 Å². The average Bonchev–Trinajstić information content (AvgIpc) is 3.52. The first-order valence-electron chi connectivity index (χ1n) is 12.0. The number of nitriles is 1. The number of aryl methyl sites for hydroxylation is 1. The van der Waals surface area contributed by atoms with Gasteiger partial charge in [0.25, 0.3) is 0 Å². The van der Waals surface area contributed by atoms with E-state index in [1.807, 2.05) is 6.07 Å². The molecule has 2 aliphatic carbocycles. The molecule has 1 amide bonds. The number of aliphatic carboxylic acids is 1. The van der Waals surface area contributed by atoms with Crippen molar-refractivity contribution in [2.75, 3.05) is 7.05 Å². The first-order valence-corrected chi connectivity index (χ1v) is 12.0. The molecule has 186 valence electrons. The van der Waals surface area contributed by atoms with Gasteiger partial charge >= 0.3 is 12.1 Å². The van der Waals surface area contributed by atoms with Crippen molar-refractivity contribution in [2.45, 2.75) is 77.0 Å². The number of pyridine rings is 1. The molecule has 10 nitrogen and oxygen atoms in total. The van der Waals surface area contributed by atoms with Crippen LogP contribution in [-0.4, -0.2) is 51.4 Å². The lowest BCUT2D eigenvalue weighted by Gasteiger charge is -2.27. The first-order chi connectivity index (χ1) is 16.9. The zero-order chi connectivity index (χ0) is 24.9. The summed E-state index contributed by atoms with van der Waals surface area (Å²) in [4.78, 5) is 29.9. The molecule has 2 atom stereocenters. The number of carboxylic acids is 1. The minimum Gasteiger partial charge on any atom is -0.487 e. The number of ether oxygens (including phenoxy) is 2. The molecule has 0 saturated heterocycles. The van der Waals surface area contributed by atoms with Crippen LogP contribution in [0.15, 0.2) is 16.7 Å². The Morgan fingerprint density at radius 1 is 1.23 bits per heavy atom. The smallest absolute Gasteiger partial charge is 0.410 e. The fourth-order valence-electron chi connectivity index (χ4n) is 4.84. The van der Waals surface area contributed by atoms with E-state index in [-0.39, 0.29) is 24.4 Å². The molecule has 1 N–H and O–H groups in total. The van der Waals surface area contributed by atoms with Gasteiger partial charge in [-0.1, -0.05) is 18.0 Å². The van der Waals surface area contributed by atoms with Crippen molar-refractivity contribution in [3.05, 3.63) is 29.1 Å². The number of nitrogens with zero attached hydrogens (tertiary/aromatic N) is 4. The highest BCUT2D eigenvalue weighted by molar-refractivity contribution is 5.70. The minimum absolute atomic E-state index is 0.0268. The predicted octanol–water partition coefficient (Wildman–Crippen LogP) is 4.45. The van der Waals surface area contributed by atoms with Crippen LogP contribution in [0.1, 0.15) is 68.3 Å². The van der Waals surface area contributed by atoms with Crippen molar-refractivity contribution in [3.63, 3.8) is 0 Å². The molecule has 2 fully saturated rings. The number of hydrogen-bond donors (Lipinski definition) is 1. The van der Waals surface area contributed by atoms with E-state index in [0.717, 1.165) is 38.5 Å². The third-order valence-electron chi connectivity index (χ3n) is 6.95. The highest BCUT2D eigenvalue weighted by Crippen LogP contribution is 2.32. The van der Waals surface area contributed by atoms with E-state index < -0.39 is 18.0 Å². The van der Waals surface area contributed by atoms with Crippen molar-refractivity contribution in [3.8, 4) is 23.3 Å². The van der Waals surface area contributed by atoms with Crippen LogP contribution in [0.25, 0.3) is 11.5 Å². The highest BCUT2D eigenvalue weighted by Gasteiger charge is 2.29. The van der Waals surface area contributed by atoms with Crippen LogP contribution < -0.4 is 4.74 Å². The number of carbonyl (C=O) groups is 2. The molecule has 2 saturated carbocycles. The van der Waals surface area contributed by atoms with Crippen molar-refractivity contribution in [1.82, 2.24) is 15.0 Å². The zero-order valence-electron chi connectivity index (χ0n) is 20.0. The van der Waals surface area contributed by atoms with Crippen LogP contribution in [0, 0.1) is 24.2 Å². The number of rotatable bonds is 7. The number of carbonyl (C=O) groups excluding carboxylic acids is 1. The van der Waals surface area contributed by atoms with Crippen LogP contribution in [0.5, 0.6) is 5.75 Å². The molecule has 4 rings (SSSR count). The highest BCUT2D eigenvalue weighted by atomic mass is 16.6. The largest absolute Gasteiger partial charge is 0.487 e. The number of amides is 1. The fraction of sp³-hybridized carbons (Fsp3) is 0.560. The van der Waals surface area contributed by atoms with Crippen molar-refractivity contribution in [2.24, 2.45) is 5.92 Å². The van der Waals surface area contributed by atoms with E-state index in [1.54, 1.807) is 31.0 Å². The molecule has 10 heteroatoms. The second-order valence-corrected chi connectivity index (χ2v) is 9.28. The van der Waals surface area contributed by atoms with Gasteiger partial charge in [0.05, 0.1) is 23.3 Å². The third kappa shape index (κ3) is 5.56. The summed E-state index contributed by atoms with van der Waals surface area (Å²) >= 11 is 0. The monoisotopic (exact) mass is 482 g/mol. The van der Waals surface area contributed by atoms with Crippen LogP contribution in [0.2, 0.25) is 0 Å². The van der Waals surface area contributed by atoms with E-state index in [2.05, 4.69) is 10.1 Å². The summed E-state index contributed by atoms with van der Waals surface area (Å²) in [5.74, 6) is -0.641. The predicted molar refractivity (Wildman–Crippen MR) is 123 cm³/mol. The standard InChI is InChI=1S/C25H30N4O6/c1-15-19(14-33-25(32)29(2)17-7-3-4-8-17)23(35-28-15)20-10-11-22(21(13-26)27-20)34-18-9-5-6-16(12-18)24(30)31/h10-11,16-18H,3-9,12,14H2,1-2H3,(H,30,31)/t16-,18-/m0/s1. The summed E-state index contributed by atoms with van der Waals surface area (Å²) in [6.45, 7) is 1.72. The van der Waals surface area contributed by atoms with Crippen LogP contribution in [-0.2, 0) is 16.1 Å². The van der Waals surface area contributed by atoms with E-state index in [9.17, 15) is 20.0 Å². The van der Waals surface area contributed by atoms with Gasteiger partial charge in [0.2, 0.25) is 0 Å². The molecule has 0 aromatic carbocycles. The molecule has 0 unspecified atom stereocenters. The molecule has 35 heavy (non-hydrogen) atoms. The topological polar surface area (TPSA) is 139 Å². The Bertz CT molecular complexity index is 1120. The van der Waals surface area contributed by atoms with Gasteiger partial charge in [0.15, 0.2) is 17.2 Å². The van der Waals surface area contributed by atoms with E-state index >= 15 is 0 Å². The van der Waals surface area contributed by atoms with Gasteiger partial charge in [-0.3, -0.25) is 4.79 Å². The SMILES string of the molecule is Cc1noc(-c2ccc(O[C@H]3CCC[C@H](C(=O)O)C3)c(C#N)n2)c1COC(=O)N(C)C1CCCC1. The molecular weight excluding hydrogens is 452 g/mol. The maximum Gasteiger partial charge on any atom is 0.410 e. The lowest BCUT2D eigenvalue weighted by Crippen LogP contribution is -2.35. The van der Waals surface area contributed by atoms with Gasteiger partial charge in [-0.05, 0) is 57.6 Å². The summed E-state index contributed by atoms with van der Waals surface area (Å²) in [6.07, 6.45) is 6.02. The van der Waals surface area contributed by atoms with Crippen molar-refractivity contribution < 1.29 is 28.7 Å². The van der Waals surface area contributed by atoms with Crippen LogP contribution in [0.4, 0.5) is 4.79 Å². The number of hydrogen-bond acceptors (Lipinski definition) is 8. The summed E-state index contributed by atoms with van der Waals surface area (Å²) in [7, 11) is 1.75. The van der Waals surface area contributed by atoms with Gasteiger partial charge in [-0.15, -0.1) is 0 Å². The quantitative estimate of drug-likeness (QED) is 0.606. The maximum atomic E-state index is 12.5. The van der Waals surface area contributed by atoms with Crippen molar-refractivity contribution in [1.29, 1.82) is 5.26 Å². The number of aromatic nitrogens is 2. The second kappa shape index (κ2) is 10.8. The van der Waals surface area contributed by atoms with Gasteiger partial charge in [0, 0.05) is 13.1 Å². The molecule has 0 bridgehead atoms. The Balaban J connectivity index is 1.47. The second-order valence-electron chi connectivity index (χ2n) is 9.28. The minimum atomic E-state index is -0.823. The van der Waals surface area contributed by atoms with Crippen LogP contribution >= 0.6 is 0 Å². The Morgan fingerprint density at radius 2 is 2.00 bits per heavy atom. The number of carboxylic acid groups (broad SMARTS) is 1. The molecule has 2 heterocycles. The maximum absolute atomic E-state index is 12.5. The van der Waals surface area contributed by atoms with Crippen LogP contribution in [0.3, 0.4) is 0 Å². The first kappa shape index (κ1) is 24.5. The molecule has 0 spiro atoms. The Hall–Kier alpha value is -3.61. The Kier molecular flexibility index (Phi) is 7.54. The summed E-state index contributed by atoms with van der Waals surface area (Å²) in [5.41, 5.74) is 1.59.